The molecule has 172 valence electrons. The molecule has 0 aliphatic carbocycles. The highest BCUT2D eigenvalue weighted by Gasteiger charge is 2.21. The molecule has 1 aliphatic heterocycles. The van der Waals surface area contributed by atoms with Gasteiger partial charge >= 0.3 is 0 Å². The van der Waals surface area contributed by atoms with Crippen molar-refractivity contribution in [3.05, 3.63) is 24.3 Å². The van der Waals surface area contributed by atoms with Crippen molar-refractivity contribution >= 4 is 11.6 Å². The Kier molecular flexibility index (Phi) is 7.48. The van der Waals surface area contributed by atoms with E-state index in [1.807, 2.05) is 0 Å². The topological polar surface area (TPSA) is 108 Å². The number of Topliss-reactive ketones (excluding diaryl/α,β-unsaturated/α-hetero) is 2. The number of carbonyl (C=O) groups is 2. The summed E-state index contributed by atoms with van der Waals surface area (Å²) in [7, 11) is 5.91. The Morgan fingerprint density at radius 1 is 0.750 bits per heavy atom. The average molecular weight is 448 g/mol. The molecular formula is C22H24O10. The number of ketones is 2. The van der Waals surface area contributed by atoms with Crippen LogP contribution in [0.15, 0.2) is 24.3 Å². The minimum absolute atomic E-state index is 0.0779. The normalized spacial score (nSPS) is 11.5. The molecule has 0 atom stereocenters. The number of hydrogen-bond donors (Lipinski definition) is 0. The predicted molar refractivity (Wildman–Crippen MR) is 111 cm³/mol. The second kappa shape index (κ2) is 10.5. The molecule has 32 heavy (non-hydrogen) atoms. The van der Waals surface area contributed by atoms with Crippen LogP contribution in [0.4, 0.5) is 0 Å². The second-order valence-electron chi connectivity index (χ2n) is 6.55. The highest BCUT2D eigenvalue weighted by atomic mass is 16.7. The second-order valence-corrected chi connectivity index (χ2v) is 6.55. The highest BCUT2D eigenvalue weighted by Crippen LogP contribution is 2.44. The van der Waals surface area contributed by atoms with Crippen molar-refractivity contribution in [1.82, 2.24) is 0 Å². The largest absolute Gasteiger partial charge is 0.493 e. The Balaban J connectivity index is 1.52. The smallest absolute Gasteiger partial charge is 0.231 e. The molecule has 0 amide bonds. The van der Waals surface area contributed by atoms with Crippen LogP contribution in [0.3, 0.4) is 0 Å². The third-order valence-electron chi connectivity index (χ3n) is 4.46. The molecule has 10 nitrogen and oxygen atoms in total. The third kappa shape index (κ3) is 5.26. The summed E-state index contributed by atoms with van der Waals surface area (Å²) in [5.74, 6) is 2.43. The van der Waals surface area contributed by atoms with Crippen LogP contribution in [-0.2, 0) is 9.59 Å². The van der Waals surface area contributed by atoms with Gasteiger partial charge < -0.3 is 37.9 Å². The maximum Gasteiger partial charge on any atom is 0.231 e. The molecule has 1 heterocycles. The van der Waals surface area contributed by atoms with Crippen molar-refractivity contribution in [2.24, 2.45) is 0 Å². The minimum atomic E-state index is -0.407. The fourth-order valence-corrected chi connectivity index (χ4v) is 2.98. The number of hydrogen-bond acceptors (Lipinski definition) is 10. The number of fused-ring (bicyclic) bond motifs is 1. The molecule has 0 unspecified atom stereocenters. The van der Waals surface area contributed by atoms with E-state index in [0.717, 1.165) is 0 Å². The first-order valence-corrected chi connectivity index (χ1v) is 9.55. The highest BCUT2D eigenvalue weighted by molar-refractivity contribution is 6.00. The number of benzene rings is 2. The monoisotopic (exact) mass is 448 g/mol. The van der Waals surface area contributed by atoms with E-state index in [4.69, 9.17) is 37.9 Å². The van der Waals surface area contributed by atoms with Crippen molar-refractivity contribution in [1.29, 1.82) is 0 Å². The van der Waals surface area contributed by atoms with Crippen LogP contribution in [0.2, 0.25) is 0 Å². The molecule has 10 heteroatoms. The molecule has 0 saturated heterocycles. The van der Waals surface area contributed by atoms with Crippen LogP contribution in [0.1, 0.15) is 6.42 Å². The zero-order valence-electron chi connectivity index (χ0n) is 18.2. The van der Waals surface area contributed by atoms with Crippen molar-refractivity contribution < 1.29 is 47.5 Å². The van der Waals surface area contributed by atoms with E-state index in [-0.39, 0.29) is 26.4 Å². The van der Waals surface area contributed by atoms with Crippen LogP contribution in [0, 0.1) is 0 Å². The molecule has 1 aliphatic rings. The standard InChI is InChI=1S/C22H24O10/c1-25-17-6-15(7-18(26-2)21(17)28-4)29-10-13(23)5-14(24)11-30-16-8-19(27-3)22-20(9-16)31-12-32-22/h6-9H,5,10-12H2,1-4H3. The van der Waals surface area contributed by atoms with Gasteiger partial charge in [0.2, 0.25) is 18.3 Å². The maximum atomic E-state index is 12.2. The first kappa shape index (κ1) is 22.9. The van der Waals surface area contributed by atoms with Gasteiger partial charge in [0.1, 0.15) is 24.7 Å². The fraction of sp³-hybridized carbons (Fsp3) is 0.364. The summed E-state index contributed by atoms with van der Waals surface area (Å²) in [4.78, 5) is 24.3. The number of methoxy groups -OCH3 is 4. The number of rotatable bonds is 12. The van der Waals surface area contributed by atoms with Gasteiger partial charge in [-0.2, -0.15) is 0 Å². The van der Waals surface area contributed by atoms with E-state index in [0.29, 0.717) is 46.0 Å². The van der Waals surface area contributed by atoms with Crippen LogP contribution in [-0.4, -0.2) is 60.0 Å². The fourth-order valence-electron chi connectivity index (χ4n) is 2.98. The van der Waals surface area contributed by atoms with Gasteiger partial charge in [-0.1, -0.05) is 0 Å². The van der Waals surface area contributed by atoms with Crippen LogP contribution in [0.25, 0.3) is 0 Å². The lowest BCUT2D eigenvalue weighted by Gasteiger charge is -2.14. The van der Waals surface area contributed by atoms with Gasteiger partial charge in [-0.15, -0.1) is 0 Å². The van der Waals surface area contributed by atoms with Crippen LogP contribution >= 0.6 is 0 Å². The Labute approximate surface area is 184 Å². The molecule has 0 N–H and O–H groups in total. The van der Waals surface area contributed by atoms with Gasteiger partial charge in [-0.05, 0) is 0 Å². The third-order valence-corrected chi connectivity index (χ3v) is 4.46. The Bertz CT molecular complexity index is 960. The summed E-state index contributed by atoms with van der Waals surface area (Å²) in [5.41, 5.74) is 0. The summed E-state index contributed by atoms with van der Waals surface area (Å²) in [5, 5.41) is 0. The lowest BCUT2D eigenvalue weighted by Crippen LogP contribution is -2.20. The molecule has 3 rings (SSSR count). The van der Waals surface area contributed by atoms with Gasteiger partial charge in [0.05, 0.1) is 34.9 Å². The first-order valence-electron chi connectivity index (χ1n) is 9.55. The Morgan fingerprint density at radius 2 is 1.28 bits per heavy atom. The van der Waals surface area contributed by atoms with Gasteiger partial charge in [-0.25, -0.2) is 0 Å². The molecule has 0 spiro atoms. The first-order chi connectivity index (χ1) is 15.5. The predicted octanol–water partition coefficient (Wildman–Crippen LogP) is 2.44. The van der Waals surface area contributed by atoms with Gasteiger partial charge in [0.25, 0.3) is 0 Å². The molecule has 0 fully saturated rings. The minimum Gasteiger partial charge on any atom is -0.493 e. The van der Waals surface area contributed by atoms with Crippen molar-refractivity contribution in [2.75, 3.05) is 48.4 Å². The molecular weight excluding hydrogens is 424 g/mol. The molecule has 2 aromatic carbocycles. The lowest BCUT2D eigenvalue weighted by atomic mass is 10.2. The van der Waals surface area contributed by atoms with Crippen molar-refractivity contribution in [3.63, 3.8) is 0 Å². The van der Waals surface area contributed by atoms with Crippen molar-refractivity contribution in [3.8, 4) is 46.0 Å². The maximum absolute atomic E-state index is 12.2. The molecule has 0 bridgehead atoms. The quantitative estimate of drug-likeness (QED) is 0.449. The summed E-state index contributed by atoms with van der Waals surface area (Å²) in [6, 6.07) is 6.29. The zero-order valence-corrected chi connectivity index (χ0v) is 18.2. The van der Waals surface area contributed by atoms with Gasteiger partial charge in [0.15, 0.2) is 34.6 Å². The summed E-state index contributed by atoms with van der Waals surface area (Å²) < 4.78 is 42.5. The summed E-state index contributed by atoms with van der Waals surface area (Å²) in [6.45, 7) is -0.518. The number of carbonyl (C=O) groups excluding carboxylic acids is 2. The van der Waals surface area contributed by atoms with E-state index in [9.17, 15) is 9.59 Å². The molecule has 0 aromatic heterocycles. The van der Waals surface area contributed by atoms with E-state index >= 15 is 0 Å². The van der Waals surface area contributed by atoms with Crippen molar-refractivity contribution in [2.45, 2.75) is 6.42 Å². The van der Waals surface area contributed by atoms with E-state index < -0.39 is 11.6 Å². The van der Waals surface area contributed by atoms with E-state index in [1.165, 1.54) is 28.4 Å². The lowest BCUT2D eigenvalue weighted by molar-refractivity contribution is -0.129. The van der Waals surface area contributed by atoms with Crippen LogP contribution in [0.5, 0.6) is 46.0 Å². The SMILES string of the molecule is COc1cc(OCC(=O)CC(=O)COc2cc(OC)c3c(c2)OCO3)cc(OC)c1OC. The molecule has 0 saturated carbocycles. The average Bonchev–Trinajstić information content (AvgIpc) is 3.28. The Morgan fingerprint density at radius 3 is 1.81 bits per heavy atom. The summed E-state index contributed by atoms with van der Waals surface area (Å²) >= 11 is 0. The van der Waals surface area contributed by atoms with Gasteiger partial charge in [0, 0.05) is 24.3 Å². The summed E-state index contributed by atoms with van der Waals surface area (Å²) in [6.07, 6.45) is -0.341. The van der Waals surface area contributed by atoms with E-state index in [1.54, 1.807) is 24.3 Å². The molecule has 0 radical (unpaired) electrons. The van der Waals surface area contributed by atoms with Crippen LogP contribution < -0.4 is 37.9 Å². The zero-order chi connectivity index (χ0) is 23.1. The van der Waals surface area contributed by atoms with Gasteiger partial charge in [-0.3, -0.25) is 9.59 Å². The Hall–Kier alpha value is -3.82. The van der Waals surface area contributed by atoms with E-state index in [2.05, 4.69) is 0 Å². The number of ether oxygens (including phenoxy) is 8. The molecule has 2 aromatic rings.